The fraction of sp³-hybridized carbons (Fsp3) is 0.538. The van der Waals surface area contributed by atoms with Crippen molar-refractivity contribution < 1.29 is 19.4 Å². The van der Waals surface area contributed by atoms with Gasteiger partial charge in [0.25, 0.3) is 0 Å². The van der Waals surface area contributed by atoms with E-state index in [2.05, 4.69) is 4.98 Å². The number of pyridine rings is 1. The van der Waals surface area contributed by atoms with Crippen molar-refractivity contribution in [2.45, 2.75) is 6.42 Å². The Morgan fingerprint density at radius 1 is 1.35 bits per heavy atom. The quantitative estimate of drug-likeness (QED) is 0.648. The second-order valence-corrected chi connectivity index (χ2v) is 4.23. The molecule has 0 radical (unpaired) electrons. The van der Waals surface area contributed by atoms with Crippen LogP contribution in [0.15, 0.2) is 12.3 Å². The molecular weight excluding hydrogens is 262 g/mol. The maximum atomic E-state index is 11.1. The number of anilines is 2. The molecule has 1 aromatic rings. The van der Waals surface area contributed by atoms with Gasteiger partial charge in [-0.1, -0.05) is 0 Å². The summed E-state index contributed by atoms with van der Waals surface area (Å²) in [6.07, 6.45) is 2.24. The maximum absolute atomic E-state index is 11.1. The first kappa shape index (κ1) is 16.2. The Balaban J connectivity index is 2.93. The second kappa shape index (κ2) is 8.34. The van der Waals surface area contributed by atoms with Gasteiger partial charge in [-0.25, -0.2) is 9.78 Å². The van der Waals surface area contributed by atoms with Gasteiger partial charge >= 0.3 is 5.97 Å². The highest BCUT2D eigenvalue weighted by atomic mass is 16.5. The molecule has 0 aromatic carbocycles. The number of methoxy groups -OCH3 is 2. The normalized spacial score (nSPS) is 10.5. The van der Waals surface area contributed by atoms with Crippen molar-refractivity contribution in [2.75, 3.05) is 51.2 Å². The van der Waals surface area contributed by atoms with E-state index in [-0.39, 0.29) is 11.3 Å². The lowest BCUT2D eigenvalue weighted by Crippen LogP contribution is -2.31. The molecule has 7 heteroatoms. The second-order valence-electron chi connectivity index (χ2n) is 4.23. The van der Waals surface area contributed by atoms with Crippen molar-refractivity contribution >= 4 is 17.5 Å². The van der Waals surface area contributed by atoms with Crippen molar-refractivity contribution in [3.63, 3.8) is 0 Å². The van der Waals surface area contributed by atoms with Crippen LogP contribution in [0, 0.1) is 0 Å². The smallest absolute Gasteiger partial charge is 0.337 e. The van der Waals surface area contributed by atoms with Gasteiger partial charge in [0.05, 0.1) is 17.9 Å². The molecule has 0 fully saturated rings. The third-order valence-electron chi connectivity index (χ3n) is 2.84. The molecule has 0 amide bonds. The molecule has 0 unspecified atom stereocenters. The molecule has 0 saturated carbocycles. The van der Waals surface area contributed by atoms with Crippen LogP contribution < -0.4 is 10.6 Å². The van der Waals surface area contributed by atoms with Crippen LogP contribution in [0.3, 0.4) is 0 Å². The molecule has 1 heterocycles. The number of aromatic nitrogens is 1. The first-order chi connectivity index (χ1) is 9.61. The number of nitrogens with two attached hydrogens (primary N) is 1. The lowest BCUT2D eigenvalue weighted by Gasteiger charge is -2.25. The van der Waals surface area contributed by atoms with Crippen LogP contribution in [-0.4, -0.2) is 56.6 Å². The Morgan fingerprint density at radius 3 is 2.65 bits per heavy atom. The van der Waals surface area contributed by atoms with E-state index in [1.165, 1.54) is 12.3 Å². The predicted molar refractivity (Wildman–Crippen MR) is 76.2 cm³/mol. The number of aromatic carboxylic acids is 1. The van der Waals surface area contributed by atoms with Crippen LogP contribution in [0.1, 0.15) is 16.8 Å². The molecule has 112 valence electrons. The Kier molecular flexibility index (Phi) is 6.75. The summed E-state index contributed by atoms with van der Waals surface area (Å²) in [5, 5.41) is 9.09. The van der Waals surface area contributed by atoms with Gasteiger partial charge in [0, 0.05) is 40.1 Å². The highest BCUT2D eigenvalue weighted by Crippen LogP contribution is 2.24. The summed E-state index contributed by atoms with van der Waals surface area (Å²) in [5.74, 6) is -0.590. The van der Waals surface area contributed by atoms with Gasteiger partial charge in [-0.2, -0.15) is 0 Å². The minimum absolute atomic E-state index is 0.0594. The number of carboxylic acids is 1. The van der Waals surface area contributed by atoms with Gasteiger partial charge < -0.3 is 25.2 Å². The molecule has 0 aliphatic rings. The number of nitrogen functional groups attached to an aromatic ring is 1. The Bertz CT molecular complexity index is 440. The van der Waals surface area contributed by atoms with Gasteiger partial charge in [0.2, 0.25) is 0 Å². The monoisotopic (exact) mass is 283 g/mol. The number of carboxylic acid groups (broad SMARTS) is 1. The van der Waals surface area contributed by atoms with E-state index in [4.69, 9.17) is 20.3 Å². The van der Waals surface area contributed by atoms with Gasteiger partial charge in [-0.3, -0.25) is 0 Å². The number of hydrogen-bond donors (Lipinski definition) is 2. The highest BCUT2D eigenvalue weighted by Gasteiger charge is 2.17. The van der Waals surface area contributed by atoms with Crippen molar-refractivity contribution in [3.8, 4) is 0 Å². The molecular formula is C13H21N3O4. The summed E-state index contributed by atoms with van der Waals surface area (Å²) in [6, 6.07) is 1.39. The minimum Gasteiger partial charge on any atom is -0.478 e. The lowest BCUT2D eigenvalue weighted by molar-refractivity contribution is 0.0698. The van der Waals surface area contributed by atoms with Crippen LogP contribution in [-0.2, 0) is 9.47 Å². The summed E-state index contributed by atoms with van der Waals surface area (Å²) in [5.41, 5.74) is 6.14. The highest BCUT2D eigenvalue weighted by molar-refractivity contribution is 5.96. The molecule has 1 rings (SSSR count). The largest absolute Gasteiger partial charge is 0.478 e. The Morgan fingerprint density at radius 2 is 2.05 bits per heavy atom. The maximum Gasteiger partial charge on any atom is 0.337 e. The molecule has 0 spiro atoms. The standard InChI is InChI=1S/C13H21N3O4/c1-19-8-3-6-16(7-9-20-2)12-11(14)10(13(17)18)4-5-15-12/h4-5H,3,6-9,14H2,1-2H3,(H,17,18). The van der Waals surface area contributed by atoms with E-state index in [9.17, 15) is 4.79 Å². The van der Waals surface area contributed by atoms with Gasteiger partial charge in [0.1, 0.15) is 0 Å². The topological polar surface area (TPSA) is 97.9 Å². The summed E-state index contributed by atoms with van der Waals surface area (Å²) < 4.78 is 10.1. The lowest BCUT2D eigenvalue weighted by atomic mass is 10.2. The zero-order chi connectivity index (χ0) is 15.0. The van der Waals surface area contributed by atoms with Crippen LogP contribution in [0.25, 0.3) is 0 Å². The van der Waals surface area contributed by atoms with E-state index < -0.39 is 5.97 Å². The Hall–Kier alpha value is -1.86. The van der Waals surface area contributed by atoms with Crippen molar-refractivity contribution in [2.24, 2.45) is 0 Å². The molecule has 0 bridgehead atoms. The number of hydrogen-bond acceptors (Lipinski definition) is 6. The van der Waals surface area contributed by atoms with Crippen LogP contribution in [0.5, 0.6) is 0 Å². The van der Waals surface area contributed by atoms with Crippen LogP contribution in [0.4, 0.5) is 11.5 Å². The van der Waals surface area contributed by atoms with Crippen molar-refractivity contribution in [1.29, 1.82) is 0 Å². The summed E-state index contributed by atoms with van der Waals surface area (Å²) >= 11 is 0. The molecule has 0 aliphatic heterocycles. The summed E-state index contributed by atoms with van der Waals surface area (Å²) in [6.45, 7) is 2.37. The molecule has 7 nitrogen and oxygen atoms in total. The molecule has 1 aromatic heterocycles. The first-order valence-electron chi connectivity index (χ1n) is 6.32. The average molecular weight is 283 g/mol. The third kappa shape index (κ3) is 4.36. The number of rotatable bonds is 9. The fourth-order valence-electron chi connectivity index (χ4n) is 1.83. The SMILES string of the molecule is COCCCN(CCOC)c1nccc(C(=O)O)c1N. The molecule has 0 aliphatic carbocycles. The van der Waals surface area contributed by atoms with Crippen LogP contribution >= 0.6 is 0 Å². The first-order valence-corrected chi connectivity index (χ1v) is 6.32. The van der Waals surface area contributed by atoms with Crippen molar-refractivity contribution in [3.05, 3.63) is 17.8 Å². The number of carbonyl (C=O) groups is 1. The third-order valence-corrected chi connectivity index (χ3v) is 2.84. The zero-order valence-electron chi connectivity index (χ0n) is 11.8. The van der Waals surface area contributed by atoms with Crippen molar-refractivity contribution in [1.82, 2.24) is 4.98 Å². The predicted octanol–water partition coefficient (Wildman–Crippen LogP) is 0.851. The molecule has 20 heavy (non-hydrogen) atoms. The number of ether oxygens (including phenoxy) is 2. The average Bonchev–Trinajstić information content (AvgIpc) is 2.43. The molecule has 3 N–H and O–H groups in total. The minimum atomic E-state index is -1.06. The van der Waals surface area contributed by atoms with Gasteiger partial charge in [-0.15, -0.1) is 0 Å². The van der Waals surface area contributed by atoms with E-state index in [0.29, 0.717) is 32.1 Å². The van der Waals surface area contributed by atoms with E-state index >= 15 is 0 Å². The summed E-state index contributed by atoms with van der Waals surface area (Å²) in [7, 11) is 3.24. The molecule has 0 saturated heterocycles. The summed E-state index contributed by atoms with van der Waals surface area (Å²) in [4.78, 5) is 17.2. The van der Waals surface area contributed by atoms with Gasteiger partial charge in [0.15, 0.2) is 5.82 Å². The van der Waals surface area contributed by atoms with E-state index in [0.717, 1.165) is 6.42 Å². The molecule has 0 atom stereocenters. The van der Waals surface area contributed by atoms with Crippen LogP contribution in [0.2, 0.25) is 0 Å². The van der Waals surface area contributed by atoms with E-state index in [1.807, 2.05) is 4.90 Å². The fourth-order valence-corrected chi connectivity index (χ4v) is 1.83. The number of nitrogens with zero attached hydrogens (tertiary/aromatic N) is 2. The zero-order valence-corrected chi connectivity index (χ0v) is 11.8. The Labute approximate surface area is 118 Å². The van der Waals surface area contributed by atoms with E-state index in [1.54, 1.807) is 14.2 Å². The van der Waals surface area contributed by atoms with Gasteiger partial charge in [-0.05, 0) is 12.5 Å².